The molecule has 0 saturated carbocycles. The number of likely N-dealkylation sites (N-methyl/N-ethyl adjacent to an activating group) is 1. The number of benzene rings is 2. The van der Waals surface area contributed by atoms with Gasteiger partial charge in [0.1, 0.15) is 0 Å². The lowest BCUT2D eigenvalue weighted by atomic mass is 9.83. The van der Waals surface area contributed by atoms with Crippen molar-refractivity contribution in [2.24, 2.45) is 7.05 Å². The highest BCUT2D eigenvalue weighted by atomic mass is 32.2. The first-order valence-electron chi connectivity index (χ1n) is 9.97. The number of hydrogen-bond acceptors (Lipinski definition) is 5. The van der Waals surface area contributed by atoms with Gasteiger partial charge in [0.05, 0.1) is 5.75 Å². The van der Waals surface area contributed by atoms with Crippen LogP contribution in [0.4, 0.5) is 5.69 Å². The zero-order chi connectivity index (χ0) is 21.5. The summed E-state index contributed by atoms with van der Waals surface area (Å²) in [6, 6.07) is 16.4. The van der Waals surface area contributed by atoms with E-state index in [4.69, 9.17) is 0 Å². The van der Waals surface area contributed by atoms with Gasteiger partial charge in [-0.1, -0.05) is 68.1 Å². The number of hydrogen-bond donors (Lipinski definition) is 0. The molecule has 0 atom stereocenters. The van der Waals surface area contributed by atoms with Crippen molar-refractivity contribution in [3.63, 3.8) is 0 Å². The van der Waals surface area contributed by atoms with E-state index in [9.17, 15) is 4.79 Å². The molecule has 5 nitrogen and oxygen atoms in total. The molecule has 154 valence electrons. The number of aryl methyl sites for hydroxylation is 1. The monoisotopic (exact) mass is 418 g/mol. The summed E-state index contributed by atoms with van der Waals surface area (Å²) in [5.41, 5.74) is 5.43. The standard InChI is InChI=1S/C24H26N4OS/c1-16-10-6-7-11-18(16)22-25-26-23(28(22)5)30-15-17(29)14-21-24(2,3)19-12-8-9-13-20(19)27(21)4/h6-14H,15H2,1-5H3/b21-14-. The fraction of sp³-hybridized carbons (Fsp3) is 0.292. The normalized spacial score (nSPS) is 16.2. The van der Waals surface area contributed by atoms with Gasteiger partial charge in [-0.3, -0.25) is 4.79 Å². The lowest BCUT2D eigenvalue weighted by Crippen LogP contribution is -2.24. The Labute approximate surface area is 181 Å². The number of thioether (sulfide) groups is 1. The van der Waals surface area contributed by atoms with Crippen LogP contribution in [0.1, 0.15) is 25.0 Å². The van der Waals surface area contributed by atoms with Crippen LogP contribution in [0.3, 0.4) is 0 Å². The lowest BCUT2D eigenvalue weighted by Gasteiger charge is -2.23. The van der Waals surface area contributed by atoms with Crippen molar-refractivity contribution in [1.29, 1.82) is 0 Å². The number of anilines is 1. The van der Waals surface area contributed by atoms with Crippen LogP contribution in [0.2, 0.25) is 0 Å². The molecule has 0 unspecified atom stereocenters. The fourth-order valence-electron chi connectivity index (χ4n) is 4.09. The number of carbonyl (C=O) groups excluding carboxylic acids is 1. The van der Waals surface area contributed by atoms with Crippen molar-refractivity contribution in [2.75, 3.05) is 17.7 Å². The zero-order valence-electron chi connectivity index (χ0n) is 18.0. The molecule has 0 fully saturated rings. The summed E-state index contributed by atoms with van der Waals surface area (Å²) >= 11 is 1.42. The minimum atomic E-state index is -0.200. The maximum atomic E-state index is 12.8. The molecule has 1 aliphatic heterocycles. The number of aromatic nitrogens is 3. The Kier molecular flexibility index (Phi) is 5.28. The van der Waals surface area contributed by atoms with Crippen LogP contribution in [-0.2, 0) is 17.3 Å². The molecule has 3 aromatic rings. The third-order valence-corrected chi connectivity index (χ3v) is 6.85. The molecule has 30 heavy (non-hydrogen) atoms. The molecule has 6 heteroatoms. The summed E-state index contributed by atoms with van der Waals surface area (Å²) in [6.45, 7) is 6.39. The number of nitrogens with zero attached hydrogens (tertiary/aromatic N) is 4. The van der Waals surface area contributed by atoms with Crippen LogP contribution in [0.5, 0.6) is 0 Å². The van der Waals surface area contributed by atoms with E-state index in [0.717, 1.165) is 33.5 Å². The second-order valence-electron chi connectivity index (χ2n) is 8.17. The number of rotatable bonds is 5. The van der Waals surface area contributed by atoms with E-state index in [1.165, 1.54) is 17.3 Å². The second kappa shape index (κ2) is 7.76. The van der Waals surface area contributed by atoms with Crippen molar-refractivity contribution in [3.8, 4) is 11.4 Å². The molecule has 2 heterocycles. The summed E-state index contributed by atoms with van der Waals surface area (Å²) in [5.74, 6) is 1.21. The highest BCUT2D eigenvalue weighted by Crippen LogP contribution is 2.46. The van der Waals surface area contributed by atoms with E-state index in [1.807, 2.05) is 42.9 Å². The van der Waals surface area contributed by atoms with Crippen molar-refractivity contribution >= 4 is 23.2 Å². The minimum Gasteiger partial charge on any atom is -0.347 e. The lowest BCUT2D eigenvalue weighted by molar-refractivity contribution is -0.112. The molecule has 0 bridgehead atoms. The van der Waals surface area contributed by atoms with Gasteiger partial charge in [0, 0.05) is 42.5 Å². The third kappa shape index (κ3) is 3.45. The molecule has 4 rings (SSSR count). The highest BCUT2D eigenvalue weighted by molar-refractivity contribution is 7.99. The number of fused-ring (bicyclic) bond motifs is 1. The minimum absolute atomic E-state index is 0.0724. The maximum Gasteiger partial charge on any atom is 0.191 e. The van der Waals surface area contributed by atoms with Gasteiger partial charge in [0.2, 0.25) is 0 Å². The Bertz CT molecular complexity index is 1150. The molecule has 1 aromatic heterocycles. The van der Waals surface area contributed by atoms with Gasteiger partial charge in [-0.2, -0.15) is 0 Å². The average molecular weight is 419 g/mol. The van der Waals surface area contributed by atoms with Gasteiger partial charge >= 0.3 is 0 Å². The summed E-state index contributed by atoms with van der Waals surface area (Å²) in [7, 11) is 3.97. The molecule has 0 aliphatic carbocycles. The van der Waals surface area contributed by atoms with Crippen molar-refractivity contribution < 1.29 is 4.79 Å². The van der Waals surface area contributed by atoms with Gasteiger partial charge in [0.15, 0.2) is 16.8 Å². The Balaban J connectivity index is 1.51. The van der Waals surface area contributed by atoms with Crippen LogP contribution in [-0.4, -0.2) is 33.3 Å². The number of carbonyl (C=O) groups is 1. The highest BCUT2D eigenvalue weighted by Gasteiger charge is 2.38. The molecular weight excluding hydrogens is 392 g/mol. The maximum absolute atomic E-state index is 12.8. The van der Waals surface area contributed by atoms with E-state index >= 15 is 0 Å². The Morgan fingerprint density at radius 2 is 1.77 bits per heavy atom. The molecule has 1 aliphatic rings. The molecule has 0 radical (unpaired) electrons. The second-order valence-corrected chi connectivity index (χ2v) is 9.11. The average Bonchev–Trinajstić information content (AvgIpc) is 3.18. The Hall–Kier alpha value is -2.86. The van der Waals surface area contributed by atoms with E-state index < -0.39 is 0 Å². The van der Waals surface area contributed by atoms with Crippen LogP contribution >= 0.6 is 11.8 Å². The molecule has 0 spiro atoms. The van der Waals surface area contributed by atoms with Crippen molar-refractivity contribution in [1.82, 2.24) is 14.8 Å². The predicted octanol–water partition coefficient (Wildman–Crippen LogP) is 4.76. The SMILES string of the molecule is Cc1ccccc1-c1nnc(SCC(=O)/C=C2\N(C)c3ccccc3C2(C)C)n1C. The smallest absolute Gasteiger partial charge is 0.191 e. The first-order valence-corrected chi connectivity index (χ1v) is 11.0. The molecule has 0 N–H and O–H groups in total. The largest absolute Gasteiger partial charge is 0.347 e. The van der Waals surface area contributed by atoms with E-state index in [2.05, 4.69) is 60.1 Å². The van der Waals surface area contributed by atoms with Gasteiger partial charge in [-0.05, 0) is 24.1 Å². The van der Waals surface area contributed by atoms with Crippen LogP contribution in [0, 0.1) is 6.92 Å². The van der Waals surface area contributed by atoms with Gasteiger partial charge in [-0.15, -0.1) is 10.2 Å². The predicted molar refractivity (Wildman–Crippen MR) is 123 cm³/mol. The fourth-order valence-corrected chi connectivity index (χ4v) is 4.82. The van der Waals surface area contributed by atoms with E-state index in [0.29, 0.717) is 5.75 Å². The summed E-state index contributed by atoms with van der Waals surface area (Å²) in [6.07, 6.45) is 1.78. The van der Waals surface area contributed by atoms with Crippen molar-refractivity contribution in [3.05, 3.63) is 71.4 Å². The number of para-hydroxylation sites is 1. The number of ketones is 1. The van der Waals surface area contributed by atoms with Crippen LogP contribution < -0.4 is 4.90 Å². The number of allylic oxidation sites excluding steroid dienone is 2. The van der Waals surface area contributed by atoms with Crippen molar-refractivity contribution in [2.45, 2.75) is 31.3 Å². The Morgan fingerprint density at radius 1 is 1.07 bits per heavy atom. The van der Waals surface area contributed by atoms with Gasteiger partial charge < -0.3 is 9.47 Å². The Morgan fingerprint density at radius 3 is 2.50 bits per heavy atom. The summed E-state index contributed by atoms with van der Waals surface area (Å²) in [5, 5.41) is 9.39. The van der Waals surface area contributed by atoms with Gasteiger partial charge in [-0.25, -0.2) is 0 Å². The summed E-state index contributed by atoms with van der Waals surface area (Å²) in [4.78, 5) is 14.9. The molecule has 2 aromatic carbocycles. The first kappa shape index (κ1) is 20.4. The molecule has 0 amide bonds. The zero-order valence-corrected chi connectivity index (χ0v) is 18.8. The van der Waals surface area contributed by atoms with Crippen LogP contribution in [0.15, 0.2) is 65.5 Å². The van der Waals surface area contributed by atoms with E-state index in [1.54, 1.807) is 6.08 Å². The van der Waals surface area contributed by atoms with E-state index in [-0.39, 0.29) is 11.2 Å². The third-order valence-electron chi connectivity index (χ3n) is 5.80. The first-order chi connectivity index (χ1) is 14.3. The quantitative estimate of drug-likeness (QED) is 0.442. The topological polar surface area (TPSA) is 51.0 Å². The van der Waals surface area contributed by atoms with Gasteiger partial charge in [0.25, 0.3) is 0 Å². The van der Waals surface area contributed by atoms with Crippen LogP contribution in [0.25, 0.3) is 11.4 Å². The summed E-state index contributed by atoms with van der Waals surface area (Å²) < 4.78 is 1.95. The molecular formula is C24H26N4OS. The molecule has 0 saturated heterocycles.